The van der Waals surface area contributed by atoms with E-state index in [2.05, 4.69) is 31.5 Å². The fraction of sp³-hybridized carbons (Fsp3) is 0.650. The molecule has 0 unspecified atom stereocenters. The van der Waals surface area contributed by atoms with Crippen molar-refractivity contribution in [2.75, 3.05) is 16.8 Å². The molecule has 0 spiro atoms. The second kappa shape index (κ2) is 5.92. The van der Waals surface area contributed by atoms with E-state index in [1.54, 1.807) is 6.20 Å². The van der Waals surface area contributed by atoms with E-state index in [1.165, 1.54) is 18.5 Å². The van der Waals surface area contributed by atoms with Gasteiger partial charge in [0.05, 0.1) is 5.60 Å². The number of H-pyrrole nitrogens is 1. The molecule has 2 aliphatic carbocycles. The molecule has 7 nitrogen and oxygen atoms in total. The molecule has 0 atom stereocenters. The van der Waals surface area contributed by atoms with Gasteiger partial charge < -0.3 is 15.3 Å². The number of rotatable bonds is 5. The summed E-state index contributed by atoms with van der Waals surface area (Å²) >= 11 is 0. The summed E-state index contributed by atoms with van der Waals surface area (Å²) in [6.07, 6.45) is 8.64. The van der Waals surface area contributed by atoms with Crippen LogP contribution in [0.15, 0.2) is 18.3 Å². The standard InChI is InChI=1S/C20H28N6O/c1-19(2,27)20-8-5-14(6-9-20)26(12-20)18-21-10-7-16(23-18)22-17-11-15(24-25-17)13-3-4-13/h7,10-11,13-14,27H,3-6,8-9,12H2,1-2H3,(H2,21,22,23,24,25). The van der Waals surface area contributed by atoms with Crippen molar-refractivity contribution >= 4 is 17.6 Å². The number of nitrogens with zero attached hydrogens (tertiary/aromatic N) is 4. The summed E-state index contributed by atoms with van der Waals surface area (Å²) < 4.78 is 0. The fourth-order valence-electron chi connectivity index (χ4n) is 4.81. The van der Waals surface area contributed by atoms with Crippen LogP contribution in [0.4, 0.5) is 17.6 Å². The highest BCUT2D eigenvalue weighted by molar-refractivity contribution is 5.54. The molecule has 6 rings (SSSR count). The summed E-state index contributed by atoms with van der Waals surface area (Å²) in [6.45, 7) is 4.72. The van der Waals surface area contributed by atoms with Crippen molar-refractivity contribution in [3.05, 3.63) is 24.0 Å². The normalized spacial score (nSPS) is 27.8. The second-order valence-electron chi connectivity index (χ2n) is 9.05. The first-order chi connectivity index (χ1) is 12.9. The lowest BCUT2D eigenvalue weighted by Gasteiger charge is -2.57. The maximum absolute atomic E-state index is 10.8. The Hall–Kier alpha value is -2.15. The van der Waals surface area contributed by atoms with Gasteiger partial charge in [0.15, 0.2) is 5.82 Å². The highest BCUT2D eigenvalue weighted by Gasteiger charge is 2.52. The summed E-state index contributed by atoms with van der Waals surface area (Å²) in [5.41, 5.74) is 0.434. The maximum atomic E-state index is 10.8. The van der Waals surface area contributed by atoms with Gasteiger partial charge in [-0.05, 0) is 58.4 Å². The SMILES string of the molecule is CC(C)(O)C12CCC(CC1)N(c1nccc(Nc3cc(C4CC4)[nH]n3)n1)C2. The van der Waals surface area contributed by atoms with Gasteiger partial charge in [0.25, 0.3) is 0 Å². The Morgan fingerprint density at radius 2 is 2.00 bits per heavy atom. The van der Waals surface area contributed by atoms with Crippen LogP contribution in [0.2, 0.25) is 0 Å². The number of hydrogen-bond donors (Lipinski definition) is 3. The lowest BCUT2D eigenvalue weighted by molar-refractivity contribution is -0.0903. The Morgan fingerprint density at radius 1 is 1.22 bits per heavy atom. The van der Waals surface area contributed by atoms with Crippen LogP contribution >= 0.6 is 0 Å². The molecule has 2 aromatic rings. The highest BCUT2D eigenvalue weighted by Crippen LogP contribution is 2.51. The molecule has 144 valence electrons. The molecule has 3 N–H and O–H groups in total. The molecule has 27 heavy (non-hydrogen) atoms. The van der Waals surface area contributed by atoms with Crippen LogP contribution in [0.5, 0.6) is 0 Å². The van der Waals surface area contributed by atoms with Crippen molar-refractivity contribution in [2.45, 2.75) is 69.9 Å². The van der Waals surface area contributed by atoms with Gasteiger partial charge in [-0.15, -0.1) is 0 Å². The summed E-state index contributed by atoms with van der Waals surface area (Å²) in [5.74, 6) is 2.95. The van der Waals surface area contributed by atoms with Crippen molar-refractivity contribution in [3.8, 4) is 0 Å². The Kier molecular flexibility index (Phi) is 3.73. The van der Waals surface area contributed by atoms with Gasteiger partial charge in [0.2, 0.25) is 5.95 Å². The van der Waals surface area contributed by atoms with Gasteiger partial charge in [-0.3, -0.25) is 5.10 Å². The fourth-order valence-corrected chi connectivity index (χ4v) is 4.81. The lowest BCUT2D eigenvalue weighted by atomic mass is 9.60. The monoisotopic (exact) mass is 368 g/mol. The van der Waals surface area contributed by atoms with E-state index in [9.17, 15) is 5.11 Å². The first kappa shape index (κ1) is 17.0. The van der Waals surface area contributed by atoms with Crippen LogP contribution in [-0.4, -0.2) is 43.5 Å². The molecule has 4 heterocycles. The van der Waals surface area contributed by atoms with E-state index in [0.717, 1.165) is 49.8 Å². The molecular formula is C20H28N6O. The first-order valence-corrected chi connectivity index (χ1v) is 10.1. The Balaban J connectivity index is 1.37. The van der Waals surface area contributed by atoms with E-state index in [4.69, 9.17) is 4.98 Å². The predicted octanol–water partition coefficient (Wildman–Crippen LogP) is 3.34. The number of aromatic amines is 1. The zero-order chi connectivity index (χ0) is 18.6. The van der Waals surface area contributed by atoms with Crippen molar-refractivity contribution in [2.24, 2.45) is 5.41 Å². The van der Waals surface area contributed by atoms with Crippen LogP contribution in [0.25, 0.3) is 0 Å². The lowest BCUT2D eigenvalue weighted by Crippen LogP contribution is -2.62. The number of aliphatic hydroxyl groups is 1. The third-order valence-corrected chi connectivity index (χ3v) is 6.89. The van der Waals surface area contributed by atoms with E-state index in [0.29, 0.717) is 12.0 Å². The van der Waals surface area contributed by atoms with Crippen LogP contribution < -0.4 is 10.2 Å². The molecule has 0 aromatic carbocycles. The van der Waals surface area contributed by atoms with Gasteiger partial charge in [-0.1, -0.05) is 0 Å². The van der Waals surface area contributed by atoms with Gasteiger partial charge in [0, 0.05) is 41.9 Å². The van der Waals surface area contributed by atoms with E-state index >= 15 is 0 Å². The maximum Gasteiger partial charge on any atom is 0.227 e. The van der Waals surface area contributed by atoms with Gasteiger partial charge >= 0.3 is 0 Å². The average Bonchev–Trinajstić information content (AvgIpc) is 3.42. The molecule has 2 bridgehead atoms. The minimum absolute atomic E-state index is 0.0735. The second-order valence-corrected chi connectivity index (χ2v) is 9.05. The number of anilines is 3. The molecule has 2 aliphatic heterocycles. The van der Waals surface area contributed by atoms with E-state index in [1.807, 2.05) is 19.9 Å². The molecule has 0 radical (unpaired) electrons. The Labute approximate surface area is 159 Å². The molecular weight excluding hydrogens is 340 g/mol. The molecule has 2 saturated heterocycles. The van der Waals surface area contributed by atoms with E-state index in [-0.39, 0.29) is 5.41 Å². The predicted molar refractivity (Wildman–Crippen MR) is 104 cm³/mol. The number of hydrogen-bond acceptors (Lipinski definition) is 6. The summed E-state index contributed by atoms with van der Waals surface area (Å²) in [5, 5.41) is 21.6. The molecule has 7 heteroatoms. The summed E-state index contributed by atoms with van der Waals surface area (Å²) in [4.78, 5) is 11.6. The summed E-state index contributed by atoms with van der Waals surface area (Å²) in [6, 6.07) is 4.42. The van der Waals surface area contributed by atoms with Crippen LogP contribution in [0.3, 0.4) is 0 Å². The highest BCUT2D eigenvalue weighted by atomic mass is 16.3. The number of nitrogens with one attached hydrogen (secondary N) is 2. The zero-order valence-electron chi connectivity index (χ0n) is 16.1. The molecule has 4 fully saturated rings. The van der Waals surface area contributed by atoms with Gasteiger partial charge in [-0.2, -0.15) is 10.1 Å². The molecule has 2 saturated carbocycles. The number of aromatic nitrogens is 4. The minimum atomic E-state index is -0.694. The first-order valence-electron chi connectivity index (χ1n) is 10.1. The number of piperidine rings is 2. The van der Waals surface area contributed by atoms with Gasteiger partial charge in [-0.25, -0.2) is 4.98 Å². The minimum Gasteiger partial charge on any atom is -0.390 e. The van der Waals surface area contributed by atoms with Crippen molar-refractivity contribution in [1.29, 1.82) is 0 Å². The van der Waals surface area contributed by atoms with Crippen LogP contribution in [-0.2, 0) is 0 Å². The van der Waals surface area contributed by atoms with E-state index < -0.39 is 5.60 Å². The van der Waals surface area contributed by atoms with Gasteiger partial charge in [0.1, 0.15) is 5.82 Å². The molecule has 2 aromatic heterocycles. The zero-order valence-corrected chi connectivity index (χ0v) is 16.1. The largest absolute Gasteiger partial charge is 0.390 e. The van der Waals surface area contributed by atoms with Crippen LogP contribution in [0, 0.1) is 5.41 Å². The third-order valence-electron chi connectivity index (χ3n) is 6.89. The number of fused-ring (bicyclic) bond motifs is 3. The summed E-state index contributed by atoms with van der Waals surface area (Å²) in [7, 11) is 0. The molecule has 0 amide bonds. The Morgan fingerprint density at radius 3 is 2.70 bits per heavy atom. The van der Waals surface area contributed by atoms with Crippen molar-refractivity contribution in [3.63, 3.8) is 0 Å². The Bertz CT molecular complexity index is 829. The quantitative estimate of drug-likeness (QED) is 0.750. The smallest absolute Gasteiger partial charge is 0.227 e. The topological polar surface area (TPSA) is 90.0 Å². The van der Waals surface area contributed by atoms with Crippen molar-refractivity contribution in [1.82, 2.24) is 20.2 Å². The molecule has 4 aliphatic rings. The van der Waals surface area contributed by atoms with Crippen molar-refractivity contribution < 1.29 is 5.11 Å². The average molecular weight is 368 g/mol. The third kappa shape index (κ3) is 2.98. The van der Waals surface area contributed by atoms with Crippen LogP contribution in [0.1, 0.15) is 64.0 Å².